The molecule has 1 aromatic carbocycles. The van der Waals surface area contributed by atoms with Gasteiger partial charge in [-0.15, -0.1) is 0 Å². The summed E-state index contributed by atoms with van der Waals surface area (Å²) >= 11 is 0. The van der Waals surface area contributed by atoms with Gasteiger partial charge in [-0.2, -0.15) is 0 Å². The Morgan fingerprint density at radius 3 is 2.60 bits per heavy atom. The number of carbonyl (C=O) groups excluding carboxylic acids is 2. The summed E-state index contributed by atoms with van der Waals surface area (Å²) in [6.07, 6.45) is 4.79. The normalized spacial score (nSPS) is 15.8. The van der Waals surface area contributed by atoms with Gasteiger partial charge in [-0.1, -0.05) is 38.5 Å². The predicted octanol–water partition coefficient (Wildman–Crippen LogP) is 2.68. The molecule has 2 heterocycles. The molecule has 2 aromatic rings. The first-order valence-electron chi connectivity index (χ1n) is 8.89. The van der Waals surface area contributed by atoms with Crippen molar-refractivity contribution in [2.24, 2.45) is 5.92 Å². The average Bonchev–Trinajstić information content (AvgIpc) is 3.24. The molecular formula is C20H25N3O2. The maximum absolute atomic E-state index is 12.8. The Bertz CT molecular complexity index is 739. The second kappa shape index (κ2) is 7.55. The van der Waals surface area contributed by atoms with Gasteiger partial charge in [0, 0.05) is 37.6 Å². The number of carbonyl (C=O) groups is 2. The fourth-order valence-electron chi connectivity index (χ4n) is 3.36. The number of rotatable bonds is 7. The molecule has 1 N–H and O–H groups in total. The molecule has 132 valence electrons. The first-order valence-corrected chi connectivity index (χ1v) is 8.89. The molecule has 2 amide bonds. The van der Waals surface area contributed by atoms with Gasteiger partial charge in [0.1, 0.15) is 6.04 Å². The van der Waals surface area contributed by atoms with E-state index in [0.29, 0.717) is 13.1 Å². The van der Waals surface area contributed by atoms with E-state index in [-0.39, 0.29) is 17.7 Å². The van der Waals surface area contributed by atoms with Gasteiger partial charge in [0.2, 0.25) is 5.91 Å². The number of nitrogens with one attached hydrogen (secondary N) is 1. The van der Waals surface area contributed by atoms with Gasteiger partial charge in [0.05, 0.1) is 0 Å². The quantitative estimate of drug-likeness (QED) is 0.843. The summed E-state index contributed by atoms with van der Waals surface area (Å²) in [5.74, 6) is -0.00559. The van der Waals surface area contributed by atoms with Crippen molar-refractivity contribution >= 4 is 11.8 Å². The van der Waals surface area contributed by atoms with Crippen LogP contribution in [0.4, 0.5) is 0 Å². The number of benzene rings is 1. The first kappa shape index (κ1) is 17.3. The average molecular weight is 339 g/mol. The molecule has 1 aliphatic heterocycles. The summed E-state index contributed by atoms with van der Waals surface area (Å²) in [7, 11) is 0. The Labute approximate surface area is 148 Å². The fraction of sp³-hybridized carbons (Fsp3) is 0.400. The maximum atomic E-state index is 12.8. The van der Waals surface area contributed by atoms with Crippen LogP contribution in [0.25, 0.3) is 0 Å². The van der Waals surface area contributed by atoms with E-state index in [0.717, 1.165) is 24.1 Å². The number of amides is 2. The summed E-state index contributed by atoms with van der Waals surface area (Å²) in [6, 6.07) is 11.1. The van der Waals surface area contributed by atoms with E-state index < -0.39 is 6.04 Å². The summed E-state index contributed by atoms with van der Waals surface area (Å²) < 4.78 is 2.02. The third-order valence-corrected chi connectivity index (χ3v) is 4.97. The van der Waals surface area contributed by atoms with Crippen molar-refractivity contribution in [1.29, 1.82) is 0 Å². The van der Waals surface area contributed by atoms with Crippen LogP contribution in [0.2, 0.25) is 0 Å². The van der Waals surface area contributed by atoms with Crippen LogP contribution in [0.5, 0.6) is 0 Å². The zero-order valence-corrected chi connectivity index (χ0v) is 14.8. The molecule has 0 radical (unpaired) electrons. The van der Waals surface area contributed by atoms with Crippen LogP contribution in [0, 0.1) is 5.92 Å². The zero-order chi connectivity index (χ0) is 17.8. The smallest absolute Gasteiger partial charge is 0.255 e. The van der Waals surface area contributed by atoms with Crippen molar-refractivity contribution in [3.8, 4) is 0 Å². The molecule has 0 saturated heterocycles. The molecule has 2 atom stereocenters. The van der Waals surface area contributed by atoms with Crippen molar-refractivity contribution in [3.05, 3.63) is 59.9 Å². The topological polar surface area (TPSA) is 54.3 Å². The molecule has 0 saturated carbocycles. The number of hydrogen-bond donors (Lipinski definition) is 1. The molecule has 1 aromatic heterocycles. The molecule has 5 heteroatoms. The van der Waals surface area contributed by atoms with E-state index in [1.807, 2.05) is 60.3 Å². The monoisotopic (exact) mass is 339 g/mol. The van der Waals surface area contributed by atoms with Crippen LogP contribution >= 0.6 is 0 Å². The van der Waals surface area contributed by atoms with Crippen molar-refractivity contribution < 1.29 is 9.59 Å². The van der Waals surface area contributed by atoms with Gasteiger partial charge in [0.15, 0.2) is 0 Å². The highest BCUT2D eigenvalue weighted by Gasteiger charge is 2.38. The van der Waals surface area contributed by atoms with Crippen molar-refractivity contribution in [2.75, 3.05) is 6.54 Å². The maximum Gasteiger partial charge on any atom is 0.255 e. The van der Waals surface area contributed by atoms with Crippen molar-refractivity contribution in [3.63, 3.8) is 0 Å². The predicted molar refractivity (Wildman–Crippen MR) is 97.0 cm³/mol. The Morgan fingerprint density at radius 2 is 1.92 bits per heavy atom. The minimum atomic E-state index is -0.436. The van der Waals surface area contributed by atoms with Crippen LogP contribution in [-0.2, 0) is 17.9 Å². The van der Waals surface area contributed by atoms with E-state index in [2.05, 4.69) is 12.2 Å². The second-order valence-corrected chi connectivity index (χ2v) is 6.63. The largest absolute Gasteiger partial charge is 0.353 e. The molecule has 1 aliphatic rings. The first-order chi connectivity index (χ1) is 12.1. The van der Waals surface area contributed by atoms with Crippen molar-refractivity contribution in [2.45, 2.75) is 39.4 Å². The zero-order valence-electron chi connectivity index (χ0n) is 14.8. The van der Waals surface area contributed by atoms with E-state index in [1.54, 1.807) is 4.90 Å². The van der Waals surface area contributed by atoms with Gasteiger partial charge in [-0.25, -0.2) is 0 Å². The van der Waals surface area contributed by atoms with Crippen LogP contribution in [0.1, 0.15) is 36.2 Å². The lowest BCUT2D eigenvalue weighted by Crippen LogP contribution is -2.51. The fourth-order valence-corrected chi connectivity index (χ4v) is 3.36. The number of hydrogen-bond acceptors (Lipinski definition) is 2. The minimum Gasteiger partial charge on any atom is -0.353 e. The van der Waals surface area contributed by atoms with E-state index in [1.165, 1.54) is 0 Å². The Balaban J connectivity index is 1.70. The molecule has 5 nitrogen and oxygen atoms in total. The molecule has 3 rings (SSSR count). The SMILES string of the molecule is CC[C@H](C)[C@H](C(=O)NCCn1cccc1)N1Cc2ccccc2C1=O. The highest BCUT2D eigenvalue weighted by Crippen LogP contribution is 2.28. The van der Waals surface area contributed by atoms with Gasteiger partial charge < -0.3 is 14.8 Å². The lowest BCUT2D eigenvalue weighted by molar-refractivity contribution is -0.127. The molecular weight excluding hydrogens is 314 g/mol. The third-order valence-electron chi connectivity index (χ3n) is 4.97. The van der Waals surface area contributed by atoms with E-state index in [4.69, 9.17) is 0 Å². The molecule has 0 unspecified atom stereocenters. The number of nitrogens with zero attached hydrogens (tertiary/aromatic N) is 2. The van der Waals surface area contributed by atoms with Gasteiger partial charge in [-0.05, 0) is 29.7 Å². The lowest BCUT2D eigenvalue weighted by Gasteiger charge is -2.31. The summed E-state index contributed by atoms with van der Waals surface area (Å²) in [5.41, 5.74) is 1.72. The van der Waals surface area contributed by atoms with Crippen molar-refractivity contribution in [1.82, 2.24) is 14.8 Å². The molecule has 0 aliphatic carbocycles. The number of aromatic nitrogens is 1. The number of fused-ring (bicyclic) bond motifs is 1. The molecule has 0 fully saturated rings. The second-order valence-electron chi connectivity index (χ2n) is 6.63. The highest BCUT2D eigenvalue weighted by atomic mass is 16.2. The van der Waals surface area contributed by atoms with Crippen LogP contribution in [-0.4, -0.2) is 33.9 Å². The standard InChI is InChI=1S/C20H25N3O2/c1-3-15(2)18(19(24)21-10-13-22-11-6-7-12-22)23-14-16-8-4-5-9-17(16)20(23)25/h4-9,11-12,15,18H,3,10,13-14H2,1-2H3,(H,21,24)/t15-,18+/m0/s1. The van der Waals surface area contributed by atoms with Gasteiger partial charge in [-0.3, -0.25) is 9.59 Å². The third kappa shape index (κ3) is 3.60. The molecule has 0 spiro atoms. The minimum absolute atomic E-state index is 0.0403. The summed E-state index contributed by atoms with van der Waals surface area (Å²) in [4.78, 5) is 27.3. The van der Waals surface area contributed by atoms with E-state index >= 15 is 0 Å². The van der Waals surface area contributed by atoms with Gasteiger partial charge >= 0.3 is 0 Å². The van der Waals surface area contributed by atoms with Crippen LogP contribution in [0.15, 0.2) is 48.8 Å². The molecule has 0 bridgehead atoms. The highest BCUT2D eigenvalue weighted by molar-refractivity contribution is 6.01. The summed E-state index contributed by atoms with van der Waals surface area (Å²) in [5, 5.41) is 3.01. The Kier molecular flexibility index (Phi) is 5.22. The lowest BCUT2D eigenvalue weighted by atomic mass is 9.96. The Hall–Kier alpha value is -2.56. The molecule has 25 heavy (non-hydrogen) atoms. The Morgan fingerprint density at radius 1 is 1.20 bits per heavy atom. The van der Waals surface area contributed by atoms with E-state index in [9.17, 15) is 9.59 Å². The summed E-state index contributed by atoms with van der Waals surface area (Å²) in [6.45, 7) is 5.87. The van der Waals surface area contributed by atoms with Gasteiger partial charge in [0.25, 0.3) is 5.91 Å². The van der Waals surface area contributed by atoms with Crippen LogP contribution < -0.4 is 5.32 Å². The van der Waals surface area contributed by atoms with Crippen LogP contribution in [0.3, 0.4) is 0 Å².